The van der Waals surface area contributed by atoms with Gasteiger partial charge in [-0.05, 0) is 36.1 Å². The Morgan fingerprint density at radius 3 is 2.27 bits per heavy atom. The number of nitrogens with one attached hydrogen (secondary N) is 2. The minimum Gasteiger partial charge on any atom is -0.479 e. The number of amides is 2. The molecule has 2 aromatic carbocycles. The molecule has 136 valence electrons. The maximum Gasteiger partial charge on any atom is 0.330 e. The summed E-state index contributed by atoms with van der Waals surface area (Å²) in [5, 5.41) is 14.4. The molecule has 2 amide bonds. The lowest BCUT2D eigenvalue weighted by atomic mass is 10.0. The van der Waals surface area contributed by atoms with E-state index in [4.69, 9.17) is 0 Å². The number of hydrogen-bond donors (Lipinski definition) is 3. The van der Waals surface area contributed by atoms with Gasteiger partial charge >= 0.3 is 5.97 Å². The number of carbonyl (C=O) groups excluding carboxylic acids is 2. The molecule has 6 heteroatoms. The van der Waals surface area contributed by atoms with Gasteiger partial charge in [-0.15, -0.1) is 0 Å². The number of hydrogen-bond acceptors (Lipinski definition) is 3. The molecule has 1 unspecified atom stereocenters. The van der Waals surface area contributed by atoms with Crippen LogP contribution in [0.15, 0.2) is 48.5 Å². The van der Waals surface area contributed by atoms with Gasteiger partial charge in [0.2, 0.25) is 11.8 Å². The zero-order chi connectivity index (χ0) is 19.1. The Kier molecular flexibility index (Phi) is 6.49. The van der Waals surface area contributed by atoms with Crippen molar-refractivity contribution in [3.8, 4) is 0 Å². The van der Waals surface area contributed by atoms with Gasteiger partial charge in [-0.2, -0.15) is 0 Å². The molecule has 2 rings (SSSR count). The lowest BCUT2D eigenvalue weighted by Crippen LogP contribution is -2.41. The second kappa shape index (κ2) is 8.80. The molecule has 26 heavy (non-hydrogen) atoms. The lowest BCUT2D eigenvalue weighted by molar-refractivity contribution is -0.141. The topological polar surface area (TPSA) is 95.5 Å². The Morgan fingerprint density at radius 2 is 1.65 bits per heavy atom. The molecule has 0 bridgehead atoms. The SMILES string of the molecule is Cc1ccc(C(NC(=O)CNC(=O)Cc2ccccc2)C(=O)O)cc1C. The number of carboxylic acids is 1. The second-order valence-electron chi connectivity index (χ2n) is 6.12. The largest absolute Gasteiger partial charge is 0.479 e. The summed E-state index contributed by atoms with van der Waals surface area (Å²) in [5.41, 5.74) is 3.31. The maximum absolute atomic E-state index is 12.1. The van der Waals surface area contributed by atoms with Gasteiger partial charge in [-0.25, -0.2) is 4.79 Å². The van der Waals surface area contributed by atoms with Crippen molar-refractivity contribution in [1.29, 1.82) is 0 Å². The van der Waals surface area contributed by atoms with Crippen molar-refractivity contribution in [2.24, 2.45) is 0 Å². The van der Waals surface area contributed by atoms with E-state index in [0.29, 0.717) is 5.56 Å². The van der Waals surface area contributed by atoms with Gasteiger partial charge in [0, 0.05) is 0 Å². The van der Waals surface area contributed by atoms with Gasteiger partial charge in [-0.3, -0.25) is 9.59 Å². The summed E-state index contributed by atoms with van der Waals surface area (Å²) in [7, 11) is 0. The summed E-state index contributed by atoms with van der Waals surface area (Å²) in [6.45, 7) is 3.53. The highest BCUT2D eigenvalue weighted by Crippen LogP contribution is 2.17. The van der Waals surface area contributed by atoms with Crippen LogP contribution in [0.2, 0.25) is 0 Å². The van der Waals surface area contributed by atoms with E-state index in [-0.39, 0.29) is 18.9 Å². The first-order chi connectivity index (χ1) is 12.4. The molecule has 0 saturated heterocycles. The fourth-order valence-corrected chi connectivity index (χ4v) is 2.47. The van der Waals surface area contributed by atoms with E-state index in [1.165, 1.54) is 0 Å². The van der Waals surface area contributed by atoms with Crippen LogP contribution in [-0.4, -0.2) is 29.4 Å². The van der Waals surface area contributed by atoms with Crippen molar-refractivity contribution < 1.29 is 19.5 Å². The zero-order valence-electron chi connectivity index (χ0n) is 14.8. The van der Waals surface area contributed by atoms with Gasteiger partial charge in [0.05, 0.1) is 13.0 Å². The summed E-state index contributed by atoms with van der Waals surface area (Å²) >= 11 is 0. The number of rotatable bonds is 7. The molecule has 3 N–H and O–H groups in total. The van der Waals surface area contributed by atoms with Gasteiger partial charge in [0.1, 0.15) is 0 Å². The molecule has 0 aromatic heterocycles. The third-order valence-electron chi connectivity index (χ3n) is 4.07. The molecule has 1 atom stereocenters. The molecular weight excluding hydrogens is 332 g/mol. The predicted molar refractivity (Wildman–Crippen MR) is 97.6 cm³/mol. The van der Waals surface area contributed by atoms with Gasteiger partial charge in [-0.1, -0.05) is 48.5 Å². The van der Waals surface area contributed by atoms with Crippen LogP contribution in [0.1, 0.15) is 28.3 Å². The normalized spacial score (nSPS) is 11.5. The van der Waals surface area contributed by atoms with E-state index >= 15 is 0 Å². The number of aliphatic carboxylic acids is 1. The molecule has 0 spiro atoms. The minimum atomic E-state index is -1.16. The molecular formula is C20H22N2O4. The van der Waals surface area contributed by atoms with E-state index in [1.54, 1.807) is 12.1 Å². The number of carboxylic acid groups (broad SMARTS) is 1. The molecule has 0 fully saturated rings. The first-order valence-electron chi connectivity index (χ1n) is 8.26. The zero-order valence-corrected chi connectivity index (χ0v) is 14.8. The van der Waals surface area contributed by atoms with E-state index in [0.717, 1.165) is 16.7 Å². The molecule has 6 nitrogen and oxygen atoms in total. The van der Waals surface area contributed by atoms with Crippen LogP contribution in [0.5, 0.6) is 0 Å². The number of aryl methyl sites for hydroxylation is 2. The van der Waals surface area contributed by atoms with Crippen molar-refractivity contribution >= 4 is 17.8 Å². The summed E-state index contributed by atoms with van der Waals surface area (Å²) in [5.74, 6) is -2.02. The van der Waals surface area contributed by atoms with Crippen LogP contribution in [0, 0.1) is 13.8 Å². The van der Waals surface area contributed by atoms with Gasteiger partial charge in [0.15, 0.2) is 6.04 Å². The smallest absolute Gasteiger partial charge is 0.330 e. The highest BCUT2D eigenvalue weighted by atomic mass is 16.4. The van der Waals surface area contributed by atoms with Gasteiger partial charge in [0.25, 0.3) is 0 Å². The summed E-state index contributed by atoms with van der Waals surface area (Å²) in [6.07, 6.45) is 0.160. The molecule has 0 radical (unpaired) electrons. The van der Waals surface area contributed by atoms with Crippen LogP contribution < -0.4 is 10.6 Å². The maximum atomic E-state index is 12.1. The van der Waals surface area contributed by atoms with Gasteiger partial charge < -0.3 is 15.7 Å². The average Bonchev–Trinajstić information content (AvgIpc) is 2.61. The van der Waals surface area contributed by atoms with Crippen molar-refractivity contribution in [1.82, 2.24) is 10.6 Å². The number of carbonyl (C=O) groups is 3. The quantitative estimate of drug-likeness (QED) is 0.708. The van der Waals surface area contributed by atoms with Crippen molar-refractivity contribution in [2.75, 3.05) is 6.54 Å². The Labute approximate surface area is 152 Å². The standard InChI is InChI=1S/C20H22N2O4/c1-13-8-9-16(10-14(13)2)19(20(25)26)22-18(24)12-21-17(23)11-15-6-4-3-5-7-15/h3-10,19H,11-12H2,1-2H3,(H,21,23)(H,22,24)(H,25,26). The first-order valence-corrected chi connectivity index (χ1v) is 8.26. The van der Waals surface area contributed by atoms with Crippen LogP contribution in [0.3, 0.4) is 0 Å². The minimum absolute atomic E-state index is 0.160. The van der Waals surface area contributed by atoms with E-state index in [2.05, 4.69) is 10.6 Å². The van der Waals surface area contributed by atoms with E-state index in [1.807, 2.05) is 50.2 Å². The van der Waals surface area contributed by atoms with Crippen molar-refractivity contribution in [3.05, 3.63) is 70.8 Å². The van der Waals surface area contributed by atoms with Crippen LogP contribution in [-0.2, 0) is 20.8 Å². The lowest BCUT2D eigenvalue weighted by Gasteiger charge is -2.16. The van der Waals surface area contributed by atoms with E-state index < -0.39 is 17.9 Å². The predicted octanol–water partition coefficient (Wildman–Crippen LogP) is 1.90. The van der Waals surface area contributed by atoms with Crippen LogP contribution >= 0.6 is 0 Å². The molecule has 0 saturated carbocycles. The molecule has 0 aliphatic rings. The van der Waals surface area contributed by atoms with Crippen LogP contribution in [0.25, 0.3) is 0 Å². The fourth-order valence-electron chi connectivity index (χ4n) is 2.47. The highest BCUT2D eigenvalue weighted by Gasteiger charge is 2.22. The third-order valence-corrected chi connectivity index (χ3v) is 4.07. The monoisotopic (exact) mass is 354 g/mol. The summed E-state index contributed by atoms with van der Waals surface area (Å²) < 4.78 is 0. The Balaban J connectivity index is 1.92. The molecule has 0 heterocycles. The highest BCUT2D eigenvalue weighted by molar-refractivity contribution is 5.88. The Hall–Kier alpha value is -3.15. The first kappa shape index (κ1) is 19.2. The summed E-state index contributed by atoms with van der Waals surface area (Å²) in [4.78, 5) is 35.4. The Bertz CT molecular complexity index is 803. The van der Waals surface area contributed by atoms with Crippen molar-refractivity contribution in [2.45, 2.75) is 26.3 Å². The Morgan fingerprint density at radius 1 is 0.962 bits per heavy atom. The van der Waals surface area contributed by atoms with E-state index in [9.17, 15) is 19.5 Å². The third kappa shape index (κ3) is 5.44. The second-order valence-corrected chi connectivity index (χ2v) is 6.12. The fraction of sp³-hybridized carbons (Fsp3) is 0.250. The molecule has 2 aromatic rings. The molecule has 0 aliphatic heterocycles. The van der Waals surface area contributed by atoms with Crippen molar-refractivity contribution in [3.63, 3.8) is 0 Å². The average molecular weight is 354 g/mol. The molecule has 0 aliphatic carbocycles. The van der Waals surface area contributed by atoms with Crippen LogP contribution in [0.4, 0.5) is 0 Å². The number of benzene rings is 2. The summed E-state index contributed by atoms with van der Waals surface area (Å²) in [6, 6.07) is 13.2.